The van der Waals surface area contributed by atoms with Gasteiger partial charge in [-0.3, -0.25) is 0 Å². The van der Waals surface area contributed by atoms with Gasteiger partial charge in [0.05, 0.1) is 0 Å². The minimum absolute atomic E-state index is 0.602. The van der Waals surface area contributed by atoms with E-state index in [2.05, 4.69) is 50.5 Å². The summed E-state index contributed by atoms with van der Waals surface area (Å²) in [5.41, 5.74) is 1.29. The Morgan fingerprint density at radius 1 is 0.857 bits per heavy atom. The first-order valence-electron chi connectivity index (χ1n) is 12.9. The summed E-state index contributed by atoms with van der Waals surface area (Å²) in [7, 11) is 0. The van der Waals surface area contributed by atoms with Crippen molar-refractivity contribution in [2.24, 2.45) is 52.3 Å². The standard InChI is InChI=1S/C27H47Br/c1-18(2)9-8-10-19(3)25-24(28)17-23-21-13-12-20-11-6-7-15-26(20,4)22(21)14-16-27(23,25)5/h18-25H,6-17H2,1-5H3/t19-,20?,21-,22+,23+,24?,25+,26+,27+/m1/s1. The third kappa shape index (κ3) is 3.56. The highest BCUT2D eigenvalue weighted by molar-refractivity contribution is 9.09. The van der Waals surface area contributed by atoms with Crippen molar-refractivity contribution >= 4 is 15.9 Å². The third-order valence-corrected chi connectivity index (χ3v) is 11.6. The maximum absolute atomic E-state index is 4.25. The first kappa shape index (κ1) is 21.7. The van der Waals surface area contributed by atoms with E-state index in [1.54, 1.807) is 19.3 Å². The largest absolute Gasteiger partial charge is 0.0887 e. The molecule has 4 aliphatic carbocycles. The Morgan fingerprint density at radius 3 is 2.39 bits per heavy atom. The van der Waals surface area contributed by atoms with Crippen molar-refractivity contribution in [1.82, 2.24) is 0 Å². The van der Waals surface area contributed by atoms with E-state index in [9.17, 15) is 0 Å². The second-order valence-electron chi connectivity index (χ2n) is 12.5. The summed E-state index contributed by atoms with van der Waals surface area (Å²) in [5, 5.41) is 0. The minimum Gasteiger partial charge on any atom is -0.0887 e. The monoisotopic (exact) mass is 450 g/mol. The number of rotatable bonds is 5. The van der Waals surface area contributed by atoms with Crippen molar-refractivity contribution in [3.63, 3.8) is 0 Å². The summed E-state index contributed by atoms with van der Waals surface area (Å²) in [5.74, 6) is 6.77. The molecule has 0 N–H and O–H groups in total. The lowest BCUT2D eigenvalue weighted by Crippen LogP contribution is -2.53. The molecular formula is C27H47Br. The summed E-state index contributed by atoms with van der Waals surface area (Å²) in [6, 6.07) is 0. The summed E-state index contributed by atoms with van der Waals surface area (Å²) < 4.78 is 0. The summed E-state index contributed by atoms with van der Waals surface area (Å²) in [6.45, 7) is 12.8. The Bertz CT molecular complexity index is 540. The molecular weight excluding hydrogens is 404 g/mol. The van der Waals surface area contributed by atoms with Crippen LogP contribution in [0.15, 0.2) is 0 Å². The fourth-order valence-electron chi connectivity index (χ4n) is 9.34. The molecule has 0 aromatic heterocycles. The van der Waals surface area contributed by atoms with Gasteiger partial charge in [0.15, 0.2) is 0 Å². The van der Waals surface area contributed by atoms with E-state index in [1.807, 2.05) is 0 Å². The number of hydrogen-bond acceptors (Lipinski definition) is 0. The molecule has 0 aromatic carbocycles. The van der Waals surface area contributed by atoms with Gasteiger partial charge < -0.3 is 0 Å². The molecule has 28 heavy (non-hydrogen) atoms. The number of alkyl halides is 1. The summed E-state index contributed by atoms with van der Waals surface area (Å²) in [6.07, 6.45) is 18.0. The van der Waals surface area contributed by atoms with Crippen LogP contribution < -0.4 is 0 Å². The number of halogens is 1. The molecule has 4 rings (SSSR count). The van der Waals surface area contributed by atoms with Crippen molar-refractivity contribution in [2.75, 3.05) is 0 Å². The van der Waals surface area contributed by atoms with Crippen molar-refractivity contribution in [1.29, 1.82) is 0 Å². The highest BCUT2D eigenvalue weighted by atomic mass is 79.9. The molecule has 0 aromatic rings. The second-order valence-corrected chi connectivity index (χ2v) is 13.7. The van der Waals surface area contributed by atoms with E-state index in [1.165, 1.54) is 57.8 Å². The van der Waals surface area contributed by atoms with Crippen molar-refractivity contribution in [3.8, 4) is 0 Å². The molecule has 0 heterocycles. The molecule has 0 bridgehead atoms. The van der Waals surface area contributed by atoms with Gasteiger partial charge in [0, 0.05) is 4.83 Å². The quantitative estimate of drug-likeness (QED) is 0.366. The van der Waals surface area contributed by atoms with Crippen LogP contribution in [0.5, 0.6) is 0 Å². The molecule has 2 unspecified atom stereocenters. The molecule has 0 amide bonds. The van der Waals surface area contributed by atoms with Gasteiger partial charge in [0.25, 0.3) is 0 Å². The molecule has 0 radical (unpaired) electrons. The molecule has 4 saturated carbocycles. The van der Waals surface area contributed by atoms with Crippen LogP contribution in [-0.4, -0.2) is 4.83 Å². The highest BCUT2D eigenvalue weighted by Gasteiger charge is 2.62. The zero-order valence-corrected chi connectivity index (χ0v) is 21.1. The SMILES string of the molecule is CC(C)CCC[C@@H](C)[C@H]1C(Br)C[C@H]2[C@@H]3CCC4CCCC[C@]4(C)[C@H]3CC[C@]12C. The normalized spacial score (nSPS) is 49.4. The van der Waals surface area contributed by atoms with Crippen LogP contribution >= 0.6 is 15.9 Å². The van der Waals surface area contributed by atoms with Gasteiger partial charge in [-0.1, -0.05) is 82.7 Å². The summed E-state index contributed by atoms with van der Waals surface area (Å²) >= 11 is 4.25. The van der Waals surface area contributed by atoms with E-state index in [-0.39, 0.29) is 0 Å². The van der Waals surface area contributed by atoms with Gasteiger partial charge in [-0.2, -0.15) is 0 Å². The smallest absolute Gasteiger partial charge is 0.0184 e. The fraction of sp³-hybridized carbons (Fsp3) is 1.00. The Labute approximate surface area is 184 Å². The Morgan fingerprint density at radius 2 is 1.64 bits per heavy atom. The molecule has 0 nitrogen and oxygen atoms in total. The average Bonchev–Trinajstić information content (AvgIpc) is 2.91. The van der Waals surface area contributed by atoms with E-state index in [0.717, 1.165) is 46.3 Å². The Kier molecular flexibility index (Phi) is 6.35. The van der Waals surface area contributed by atoms with Crippen LogP contribution in [0.4, 0.5) is 0 Å². The van der Waals surface area contributed by atoms with Crippen molar-refractivity contribution in [2.45, 2.75) is 116 Å². The molecule has 1 heteroatoms. The van der Waals surface area contributed by atoms with Gasteiger partial charge >= 0.3 is 0 Å². The fourth-order valence-corrected chi connectivity index (χ4v) is 10.9. The first-order chi connectivity index (χ1) is 13.3. The first-order valence-corrected chi connectivity index (χ1v) is 13.8. The lowest BCUT2D eigenvalue weighted by molar-refractivity contribution is -0.114. The maximum atomic E-state index is 4.25. The molecule has 0 aliphatic heterocycles. The van der Waals surface area contributed by atoms with Gasteiger partial charge in [-0.25, -0.2) is 0 Å². The van der Waals surface area contributed by atoms with Gasteiger partial charge in [-0.15, -0.1) is 0 Å². The zero-order valence-electron chi connectivity index (χ0n) is 19.5. The molecule has 162 valence electrons. The van der Waals surface area contributed by atoms with E-state index in [0.29, 0.717) is 10.8 Å². The predicted octanol–water partition coefficient (Wildman–Crippen LogP) is 8.87. The van der Waals surface area contributed by atoms with E-state index < -0.39 is 0 Å². The number of hydrogen-bond donors (Lipinski definition) is 0. The number of fused-ring (bicyclic) bond motifs is 5. The zero-order chi connectivity index (χ0) is 20.1. The molecule has 0 spiro atoms. The molecule has 4 aliphatic rings. The third-order valence-electron chi connectivity index (χ3n) is 10.7. The predicted molar refractivity (Wildman–Crippen MR) is 126 cm³/mol. The van der Waals surface area contributed by atoms with Crippen molar-refractivity contribution in [3.05, 3.63) is 0 Å². The van der Waals surface area contributed by atoms with Crippen LogP contribution in [0.2, 0.25) is 0 Å². The molecule has 4 fully saturated rings. The van der Waals surface area contributed by atoms with Crippen LogP contribution in [0, 0.1) is 52.3 Å². The molecule has 0 saturated heterocycles. The second kappa shape index (κ2) is 8.20. The highest BCUT2D eigenvalue weighted by Crippen LogP contribution is 2.69. The minimum atomic E-state index is 0.602. The van der Waals surface area contributed by atoms with E-state index >= 15 is 0 Å². The Hall–Kier alpha value is 0.480. The topological polar surface area (TPSA) is 0 Å². The lowest BCUT2D eigenvalue weighted by Gasteiger charge is -2.60. The van der Waals surface area contributed by atoms with Gasteiger partial charge in [-0.05, 0) is 97.2 Å². The Balaban J connectivity index is 1.51. The summed E-state index contributed by atoms with van der Waals surface area (Å²) in [4.78, 5) is 0.771. The van der Waals surface area contributed by atoms with Crippen LogP contribution in [0.25, 0.3) is 0 Å². The van der Waals surface area contributed by atoms with Crippen LogP contribution in [0.3, 0.4) is 0 Å². The maximum Gasteiger partial charge on any atom is 0.0184 e. The van der Waals surface area contributed by atoms with Gasteiger partial charge in [0.1, 0.15) is 0 Å². The lowest BCUT2D eigenvalue weighted by atomic mass is 9.44. The van der Waals surface area contributed by atoms with Gasteiger partial charge in [0.2, 0.25) is 0 Å². The van der Waals surface area contributed by atoms with Crippen LogP contribution in [-0.2, 0) is 0 Å². The average molecular weight is 452 g/mol. The molecule has 9 atom stereocenters. The van der Waals surface area contributed by atoms with Crippen molar-refractivity contribution < 1.29 is 0 Å². The van der Waals surface area contributed by atoms with E-state index in [4.69, 9.17) is 0 Å². The van der Waals surface area contributed by atoms with Crippen LogP contribution in [0.1, 0.15) is 112 Å².